The van der Waals surface area contributed by atoms with Gasteiger partial charge in [0.2, 0.25) is 5.91 Å². The third-order valence-corrected chi connectivity index (χ3v) is 3.28. The first-order chi connectivity index (χ1) is 8.33. The number of hydrogen-bond acceptors (Lipinski definition) is 3. The van der Waals surface area contributed by atoms with Crippen molar-refractivity contribution in [3.8, 4) is 0 Å². The van der Waals surface area contributed by atoms with Crippen molar-refractivity contribution >= 4 is 11.7 Å². The minimum Gasteiger partial charge on any atom is -0.376 e. The number of carbonyl (C=O) groups is 1. The van der Waals surface area contributed by atoms with Crippen LogP contribution in [-0.2, 0) is 10.4 Å². The monoisotopic (exact) mass is 261 g/mol. The Morgan fingerprint density at radius 2 is 2.17 bits per heavy atom. The van der Waals surface area contributed by atoms with Crippen molar-refractivity contribution in [1.29, 1.82) is 0 Å². The van der Waals surface area contributed by atoms with Crippen LogP contribution in [0.4, 0.5) is 19.0 Å². The summed E-state index contributed by atoms with van der Waals surface area (Å²) in [6, 6.07) is 0.0182. The molecule has 1 unspecified atom stereocenters. The lowest BCUT2D eigenvalue weighted by molar-refractivity contribution is -0.267. The molecule has 1 saturated carbocycles. The number of nitrogens with one attached hydrogen (secondary N) is 1. The van der Waals surface area contributed by atoms with E-state index in [1.165, 1.54) is 4.68 Å². The van der Waals surface area contributed by atoms with Crippen molar-refractivity contribution in [3.63, 3.8) is 0 Å². The molecule has 1 aromatic heterocycles. The van der Waals surface area contributed by atoms with Crippen LogP contribution in [0.2, 0.25) is 0 Å². The second-order valence-corrected chi connectivity index (χ2v) is 4.67. The summed E-state index contributed by atoms with van der Waals surface area (Å²) in [7, 11) is 0. The van der Waals surface area contributed by atoms with E-state index in [9.17, 15) is 23.1 Å². The average molecular weight is 261 g/mol. The summed E-state index contributed by atoms with van der Waals surface area (Å²) in [4.78, 5) is 11.4. The number of fused-ring (bicyclic) bond motifs is 1. The van der Waals surface area contributed by atoms with Crippen LogP contribution in [0.5, 0.6) is 0 Å². The summed E-state index contributed by atoms with van der Waals surface area (Å²) in [6.45, 7) is 0. The van der Waals surface area contributed by atoms with Crippen molar-refractivity contribution in [2.24, 2.45) is 0 Å². The van der Waals surface area contributed by atoms with Crippen LogP contribution < -0.4 is 5.32 Å². The molecule has 0 bridgehead atoms. The summed E-state index contributed by atoms with van der Waals surface area (Å²) >= 11 is 0. The maximum absolute atomic E-state index is 12.9. The maximum Gasteiger partial charge on any atom is 0.422 e. The molecule has 2 N–H and O–H groups in total. The molecule has 0 saturated heterocycles. The third-order valence-electron chi connectivity index (χ3n) is 3.28. The second kappa shape index (κ2) is 3.25. The van der Waals surface area contributed by atoms with Gasteiger partial charge in [0.15, 0.2) is 5.60 Å². The highest BCUT2D eigenvalue weighted by atomic mass is 19.4. The topological polar surface area (TPSA) is 67.1 Å². The zero-order valence-corrected chi connectivity index (χ0v) is 9.16. The van der Waals surface area contributed by atoms with E-state index < -0.39 is 24.1 Å². The fourth-order valence-corrected chi connectivity index (χ4v) is 2.14. The van der Waals surface area contributed by atoms with E-state index in [1.54, 1.807) is 0 Å². The molecule has 1 aliphatic heterocycles. The fourth-order valence-electron chi connectivity index (χ4n) is 2.14. The van der Waals surface area contributed by atoms with E-state index in [0.29, 0.717) is 0 Å². The molecule has 3 rings (SSSR count). The van der Waals surface area contributed by atoms with E-state index in [0.717, 1.165) is 19.0 Å². The van der Waals surface area contributed by atoms with Gasteiger partial charge in [-0.15, -0.1) is 0 Å². The van der Waals surface area contributed by atoms with Gasteiger partial charge >= 0.3 is 6.18 Å². The number of rotatable bonds is 1. The zero-order chi connectivity index (χ0) is 13.1. The van der Waals surface area contributed by atoms with E-state index in [4.69, 9.17) is 0 Å². The molecule has 1 fully saturated rings. The van der Waals surface area contributed by atoms with Crippen LogP contribution in [0.3, 0.4) is 0 Å². The van der Waals surface area contributed by atoms with Crippen LogP contribution >= 0.6 is 0 Å². The van der Waals surface area contributed by atoms with Gasteiger partial charge in [-0.25, -0.2) is 4.68 Å². The largest absolute Gasteiger partial charge is 0.422 e. The molecule has 1 aromatic rings. The van der Waals surface area contributed by atoms with Crippen LogP contribution in [0.25, 0.3) is 0 Å². The molecule has 18 heavy (non-hydrogen) atoms. The smallest absolute Gasteiger partial charge is 0.376 e. The number of anilines is 1. The number of nitrogens with zero attached hydrogens (tertiary/aromatic N) is 2. The Morgan fingerprint density at radius 1 is 1.50 bits per heavy atom. The second-order valence-electron chi connectivity index (χ2n) is 4.67. The molecule has 5 nitrogen and oxygen atoms in total. The lowest BCUT2D eigenvalue weighted by Gasteiger charge is -2.33. The SMILES string of the molecule is O=C1CC(O)(C(F)(F)F)c2cnn(C3CC3)c2N1. The van der Waals surface area contributed by atoms with Crippen LogP contribution in [0, 0.1) is 0 Å². The average Bonchev–Trinajstić information content (AvgIpc) is 2.98. The summed E-state index contributed by atoms with van der Waals surface area (Å²) in [5, 5.41) is 16.0. The highest BCUT2D eigenvalue weighted by Gasteiger charge is 2.60. The number of hydrogen-bond donors (Lipinski definition) is 2. The Morgan fingerprint density at radius 3 is 2.72 bits per heavy atom. The Hall–Kier alpha value is -1.57. The summed E-state index contributed by atoms with van der Waals surface area (Å²) in [5.74, 6) is -0.890. The van der Waals surface area contributed by atoms with Crippen LogP contribution in [0.15, 0.2) is 6.20 Å². The van der Waals surface area contributed by atoms with E-state index in [2.05, 4.69) is 10.4 Å². The molecular weight excluding hydrogens is 251 g/mol. The van der Waals surface area contributed by atoms with Gasteiger partial charge in [-0.1, -0.05) is 0 Å². The Balaban J connectivity index is 2.14. The van der Waals surface area contributed by atoms with Gasteiger partial charge in [0.25, 0.3) is 0 Å². The summed E-state index contributed by atoms with van der Waals surface area (Å²) < 4.78 is 40.2. The first kappa shape index (κ1) is 11.5. The molecule has 0 spiro atoms. The zero-order valence-electron chi connectivity index (χ0n) is 9.16. The van der Waals surface area contributed by atoms with Gasteiger partial charge in [-0.05, 0) is 12.8 Å². The number of aromatic nitrogens is 2. The molecule has 8 heteroatoms. The number of aliphatic hydroxyl groups is 1. The van der Waals surface area contributed by atoms with Crippen molar-refractivity contribution in [2.75, 3.05) is 5.32 Å². The van der Waals surface area contributed by atoms with Gasteiger partial charge in [0.05, 0.1) is 24.2 Å². The van der Waals surface area contributed by atoms with Crippen LogP contribution in [0.1, 0.15) is 30.9 Å². The first-order valence-corrected chi connectivity index (χ1v) is 5.50. The highest BCUT2D eigenvalue weighted by molar-refractivity contribution is 5.94. The molecule has 1 amide bonds. The standard InChI is InChI=1S/C10H10F3N3O2/c11-10(12,13)9(18)3-7(17)15-8-6(9)4-14-16(8)5-1-2-5/h4-5,18H,1-3H2,(H,15,17). The molecule has 2 aliphatic rings. The quantitative estimate of drug-likeness (QED) is 0.801. The molecular formula is C10H10F3N3O2. The minimum atomic E-state index is -4.91. The molecule has 1 atom stereocenters. The molecule has 1 aliphatic carbocycles. The minimum absolute atomic E-state index is 0.0182. The normalized spacial score (nSPS) is 27.9. The van der Waals surface area contributed by atoms with Crippen molar-refractivity contribution < 1.29 is 23.1 Å². The predicted molar refractivity (Wildman–Crippen MR) is 53.7 cm³/mol. The van der Waals surface area contributed by atoms with Gasteiger partial charge in [-0.2, -0.15) is 18.3 Å². The van der Waals surface area contributed by atoms with Gasteiger partial charge in [0.1, 0.15) is 5.82 Å². The number of carbonyl (C=O) groups excluding carboxylic acids is 1. The van der Waals surface area contributed by atoms with Gasteiger partial charge < -0.3 is 10.4 Å². The lowest BCUT2D eigenvalue weighted by atomic mass is 9.88. The van der Waals surface area contributed by atoms with Crippen LogP contribution in [-0.4, -0.2) is 27.0 Å². The Bertz CT molecular complexity index is 521. The summed E-state index contributed by atoms with van der Waals surface area (Å²) in [5.41, 5.74) is -3.51. The van der Waals surface area contributed by atoms with Crippen molar-refractivity contribution in [2.45, 2.75) is 37.1 Å². The Labute approximate surface area is 99.6 Å². The molecule has 0 radical (unpaired) electrons. The van der Waals surface area contributed by atoms with Gasteiger partial charge in [0, 0.05) is 0 Å². The lowest BCUT2D eigenvalue weighted by Crippen LogP contribution is -2.48. The van der Waals surface area contributed by atoms with Gasteiger partial charge in [-0.3, -0.25) is 4.79 Å². The predicted octanol–water partition coefficient (Wildman–Crippen LogP) is 1.31. The third kappa shape index (κ3) is 1.45. The Kier molecular flexibility index (Phi) is 2.08. The summed E-state index contributed by atoms with van der Waals surface area (Å²) in [6.07, 6.45) is -3.32. The first-order valence-electron chi connectivity index (χ1n) is 5.50. The van der Waals surface area contributed by atoms with E-state index in [1.807, 2.05) is 0 Å². The molecule has 2 heterocycles. The van der Waals surface area contributed by atoms with Crippen molar-refractivity contribution in [3.05, 3.63) is 11.8 Å². The van der Waals surface area contributed by atoms with Crippen molar-refractivity contribution in [1.82, 2.24) is 9.78 Å². The fraction of sp³-hybridized carbons (Fsp3) is 0.600. The number of halogens is 3. The van der Waals surface area contributed by atoms with E-state index in [-0.39, 0.29) is 17.4 Å². The number of amides is 1. The number of alkyl halides is 3. The highest BCUT2D eigenvalue weighted by Crippen LogP contribution is 2.48. The maximum atomic E-state index is 12.9. The molecule has 0 aromatic carbocycles. The van der Waals surface area contributed by atoms with E-state index >= 15 is 0 Å². The molecule has 98 valence electrons.